The maximum absolute atomic E-state index is 13.7. The van der Waals surface area contributed by atoms with Crippen molar-refractivity contribution >= 4 is 21.4 Å². The molecular formula is C15H18F3NS. The Morgan fingerprint density at radius 1 is 1.25 bits per heavy atom. The van der Waals surface area contributed by atoms with Crippen LogP contribution in [0.15, 0.2) is 29.6 Å². The largest absolute Gasteiger partial charge is 0.399 e. The molecule has 20 heavy (non-hydrogen) atoms. The maximum Gasteiger partial charge on any atom is 0.399 e. The van der Waals surface area contributed by atoms with E-state index in [0.29, 0.717) is 12.1 Å². The Bertz CT molecular complexity index is 590. The summed E-state index contributed by atoms with van der Waals surface area (Å²) in [5.41, 5.74) is -1.59. The zero-order valence-electron chi connectivity index (χ0n) is 11.7. The lowest BCUT2D eigenvalue weighted by Gasteiger charge is -2.38. The lowest BCUT2D eigenvalue weighted by atomic mass is 9.75. The fourth-order valence-electron chi connectivity index (χ4n) is 2.46. The fourth-order valence-corrected chi connectivity index (χ4v) is 3.23. The van der Waals surface area contributed by atoms with Crippen molar-refractivity contribution in [2.24, 2.45) is 0 Å². The number of nitrogens with one attached hydrogen (secondary N) is 1. The molecule has 0 spiro atoms. The second-order valence-corrected chi connectivity index (χ2v) is 6.10. The summed E-state index contributed by atoms with van der Waals surface area (Å²) < 4.78 is 42.0. The number of halogens is 3. The highest BCUT2D eigenvalue weighted by molar-refractivity contribution is 7.17. The molecule has 5 heteroatoms. The van der Waals surface area contributed by atoms with E-state index in [1.54, 1.807) is 25.1 Å². The van der Waals surface area contributed by atoms with Crippen molar-refractivity contribution in [1.82, 2.24) is 5.32 Å². The number of hydrogen-bond donors (Lipinski definition) is 1. The molecule has 2 aromatic rings. The van der Waals surface area contributed by atoms with Crippen LogP contribution in [0.1, 0.15) is 26.3 Å². The van der Waals surface area contributed by atoms with Gasteiger partial charge in [0.05, 0.1) is 0 Å². The first-order chi connectivity index (χ1) is 9.30. The van der Waals surface area contributed by atoms with Crippen LogP contribution in [0.3, 0.4) is 0 Å². The van der Waals surface area contributed by atoms with Crippen LogP contribution in [-0.4, -0.2) is 18.8 Å². The maximum atomic E-state index is 13.7. The summed E-state index contributed by atoms with van der Waals surface area (Å²) in [6.45, 7) is 5.19. The van der Waals surface area contributed by atoms with E-state index >= 15 is 0 Å². The minimum atomic E-state index is -4.31. The molecule has 1 nitrogen and oxygen atoms in total. The van der Waals surface area contributed by atoms with Crippen molar-refractivity contribution in [3.8, 4) is 0 Å². The van der Waals surface area contributed by atoms with Crippen molar-refractivity contribution < 1.29 is 13.2 Å². The predicted octanol–water partition coefficient (Wildman–Crippen LogP) is 4.72. The van der Waals surface area contributed by atoms with Gasteiger partial charge in [-0.25, -0.2) is 0 Å². The van der Waals surface area contributed by atoms with Crippen LogP contribution in [0.25, 0.3) is 10.1 Å². The quantitative estimate of drug-likeness (QED) is 0.861. The van der Waals surface area contributed by atoms with E-state index in [2.05, 4.69) is 5.32 Å². The van der Waals surface area contributed by atoms with Gasteiger partial charge in [0, 0.05) is 10.7 Å². The molecule has 1 aromatic carbocycles. The van der Waals surface area contributed by atoms with Gasteiger partial charge in [0.15, 0.2) is 0 Å². The lowest BCUT2D eigenvalue weighted by Crippen LogP contribution is -2.54. The summed E-state index contributed by atoms with van der Waals surface area (Å²) in [5, 5.41) is 5.68. The van der Waals surface area contributed by atoms with Gasteiger partial charge in [0.25, 0.3) is 0 Å². The van der Waals surface area contributed by atoms with Crippen molar-refractivity contribution in [2.75, 3.05) is 6.54 Å². The molecule has 1 N–H and O–H groups in total. The van der Waals surface area contributed by atoms with Crippen LogP contribution in [-0.2, 0) is 5.41 Å². The summed E-state index contributed by atoms with van der Waals surface area (Å²) in [5.74, 6) is 0. The highest BCUT2D eigenvalue weighted by Gasteiger charge is 2.55. The van der Waals surface area contributed by atoms with Crippen LogP contribution < -0.4 is 5.32 Å². The Kier molecular flexibility index (Phi) is 4.12. The molecule has 0 bridgehead atoms. The lowest BCUT2D eigenvalue weighted by molar-refractivity contribution is -0.192. The summed E-state index contributed by atoms with van der Waals surface area (Å²) >= 11 is 1.54. The van der Waals surface area contributed by atoms with E-state index in [9.17, 15) is 13.2 Å². The van der Waals surface area contributed by atoms with Crippen molar-refractivity contribution in [3.63, 3.8) is 0 Å². The van der Waals surface area contributed by atoms with Gasteiger partial charge >= 0.3 is 6.18 Å². The second-order valence-electron chi connectivity index (χ2n) is 5.15. The van der Waals surface area contributed by atoms with Crippen LogP contribution in [0.5, 0.6) is 0 Å². The molecule has 0 amide bonds. The SMILES string of the molecule is CCNC(C)C(C)(c1ccc2sccc2c1)C(F)(F)F. The van der Waals surface area contributed by atoms with Crippen molar-refractivity contribution in [3.05, 3.63) is 35.2 Å². The zero-order chi connectivity index (χ0) is 15.0. The third-order valence-electron chi connectivity index (χ3n) is 4.02. The Balaban J connectivity index is 2.55. The summed E-state index contributed by atoms with van der Waals surface area (Å²) in [7, 11) is 0. The molecule has 0 aliphatic rings. The van der Waals surface area contributed by atoms with Gasteiger partial charge in [-0.1, -0.05) is 13.0 Å². The van der Waals surface area contributed by atoms with Gasteiger partial charge in [-0.2, -0.15) is 13.2 Å². The van der Waals surface area contributed by atoms with Crippen LogP contribution in [0.2, 0.25) is 0 Å². The molecular weight excluding hydrogens is 283 g/mol. The smallest absolute Gasteiger partial charge is 0.313 e. The van der Waals surface area contributed by atoms with Gasteiger partial charge in [-0.05, 0) is 54.9 Å². The average molecular weight is 301 g/mol. The minimum absolute atomic E-state index is 0.310. The van der Waals surface area contributed by atoms with Crippen molar-refractivity contribution in [2.45, 2.75) is 38.4 Å². The van der Waals surface area contributed by atoms with Gasteiger partial charge in [0.2, 0.25) is 0 Å². The molecule has 1 heterocycles. The monoisotopic (exact) mass is 301 g/mol. The Morgan fingerprint density at radius 2 is 1.95 bits per heavy atom. The second kappa shape index (κ2) is 5.37. The first kappa shape index (κ1) is 15.3. The normalized spacial score (nSPS) is 17.1. The number of rotatable bonds is 4. The number of benzene rings is 1. The molecule has 2 rings (SSSR count). The van der Waals surface area contributed by atoms with Crippen molar-refractivity contribution in [1.29, 1.82) is 0 Å². The van der Waals surface area contributed by atoms with E-state index in [-0.39, 0.29) is 0 Å². The third kappa shape index (κ3) is 2.44. The predicted molar refractivity (Wildman–Crippen MR) is 78.4 cm³/mol. The molecule has 2 unspecified atom stereocenters. The molecule has 0 aliphatic heterocycles. The van der Waals surface area contributed by atoms with Gasteiger partial charge < -0.3 is 5.32 Å². The number of likely N-dealkylation sites (N-methyl/N-ethyl adjacent to an activating group) is 1. The summed E-state index contributed by atoms with van der Waals surface area (Å²) in [6, 6.07) is 6.20. The molecule has 2 atom stereocenters. The molecule has 0 saturated carbocycles. The third-order valence-corrected chi connectivity index (χ3v) is 4.92. The van der Waals surface area contributed by atoms with Crippen LogP contribution >= 0.6 is 11.3 Å². The van der Waals surface area contributed by atoms with Gasteiger partial charge in [0.1, 0.15) is 5.41 Å². The zero-order valence-corrected chi connectivity index (χ0v) is 12.5. The molecule has 110 valence electrons. The number of alkyl halides is 3. The fraction of sp³-hybridized carbons (Fsp3) is 0.467. The van der Waals surface area contributed by atoms with E-state index in [1.165, 1.54) is 18.3 Å². The Hall–Kier alpha value is -1.07. The van der Waals surface area contributed by atoms with Gasteiger partial charge in [-0.3, -0.25) is 0 Å². The van der Waals surface area contributed by atoms with E-state index < -0.39 is 17.6 Å². The topological polar surface area (TPSA) is 12.0 Å². The van der Waals surface area contributed by atoms with E-state index in [1.807, 2.05) is 18.4 Å². The molecule has 1 aromatic heterocycles. The molecule has 0 saturated heterocycles. The first-order valence-electron chi connectivity index (χ1n) is 6.58. The number of thiophene rings is 1. The summed E-state index contributed by atoms with van der Waals surface area (Å²) in [6.07, 6.45) is -4.31. The first-order valence-corrected chi connectivity index (χ1v) is 7.46. The highest BCUT2D eigenvalue weighted by atomic mass is 32.1. The van der Waals surface area contributed by atoms with E-state index in [4.69, 9.17) is 0 Å². The van der Waals surface area contributed by atoms with Gasteiger partial charge in [-0.15, -0.1) is 11.3 Å². The highest BCUT2D eigenvalue weighted by Crippen LogP contribution is 2.44. The Morgan fingerprint density at radius 3 is 2.55 bits per heavy atom. The molecule has 0 fully saturated rings. The molecule has 0 radical (unpaired) electrons. The summed E-state index contributed by atoms with van der Waals surface area (Å²) in [4.78, 5) is 0. The standard InChI is InChI=1S/C15H18F3NS/c1-4-19-10(2)14(3,15(16,17)18)12-5-6-13-11(9-12)7-8-20-13/h5-10,19H,4H2,1-3H3. The Labute approximate surface area is 120 Å². The minimum Gasteiger partial charge on any atom is -0.313 e. The molecule has 0 aliphatic carbocycles. The number of fused-ring (bicyclic) bond motifs is 1. The van der Waals surface area contributed by atoms with Crippen LogP contribution in [0.4, 0.5) is 13.2 Å². The van der Waals surface area contributed by atoms with Crippen LogP contribution in [0, 0.1) is 0 Å². The average Bonchev–Trinajstić information content (AvgIpc) is 2.83. The van der Waals surface area contributed by atoms with E-state index in [0.717, 1.165) is 10.1 Å². The number of hydrogen-bond acceptors (Lipinski definition) is 2.